The van der Waals surface area contributed by atoms with Gasteiger partial charge in [0.25, 0.3) is 0 Å². The molecular formula is C13H19N3O4S. The van der Waals surface area contributed by atoms with Crippen LogP contribution in [0.2, 0.25) is 0 Å². The van der Waals surface area contributed by atoms with Gasteiger partial charge < -0.3 is 20.5 Å². The summed E-state index contributed by atoms with van der Waals surface area (Å²) >= 11 is 1.29. The van der Waals surface area contributed by atoms with Crippen LogP contribution < -0.4 is 10.6 Å². The second kappa shape index (κ2) is 7.94. The number of rotatable bonds is 6. The van der Waals surface area contributed by atoms with Crippen molar-refractivity contribution >= 4 is 23.3 Å². The zero-order valence-corrected chi connectivity index (χ0v) is 12.4. The Kier molecular flexibility index (Phi) is 5.94. The molecule has 21 heavy (non-hydrogen) atoms. The monoisotopic (exact) mass is 313 g/mol. The van der Waals surface area contributed by atoms with Crippen LogP contribution in [0, 0.1) is 5.92 Å². The average molecular weight is 313 g/mol. The van der Waals surface area contributed by atoms with Crippen molar-refractivity contribution in [2.75, 3.05) is 26.3 Å². The van der Waals surface area contributed by atoms with E-state index in [4.69, 9.17) is 9.84 Å². The lowest BCUT2D eigenvalue weighted by Crippen LogP contribution is -2.40. The van der Waals surface area contributed by atoms with E-state index in [-0.39, 0.29) is 11.7 Å². The van der Waals surface area contributed by atoms with Gasteiger partial charge >= 0.3 is 12.0 Å². The Morgan fingerprint density at radius 1 is 1.48 bits per heavy atom. The summed E-state index contributed by atoms with van der Waals surface area (Å²) in [6.45, 7) is 2.57. The van der Waals surface area contributed by atoms with Crippen LogP contribution in [0.3, 0.4) is 0 Å². The van der Waals surface area contributed by atoms with Crippen molar-refractivity contribution in [1.82, 2.24) is 15.6 Å². The molecule has 1 aromatic rings. The van der Waals surface area contributed by atoms with E-state index in [1.807, 2.05) is 0 Å². The van der Waals surface area contributed by atoms with E-state index in [1.54, 1.807) is 0 Å². The number of urea groups is 1. The average Bonchev–Trinajstić information content (AvgIpc) is 2.95. The molecule has 1 saturated heterocycles. The number of hydrogen-bond donors (Lipinski definition) is 3. The maximum absolute atomic E-state index is 11.6. The molecule has 2 rings (SSSR count). The fourth-order valence-electron chi connectivity index (χ4n) is 2.07. The minimum absolute atomic E-state index is 0.0525. The third-order valence-corrected chi connectivity index (χ3v) is 4.11. The van der Waals surface area contributed by atoms with Gasteiger partial charge in [-0.1, -0.05) is 0 Å². The molecule has 1 aliphatic heterocycles. The molecule has 8 heteroatoms. The van der Waals surface area contributed by atoms with E-state index in [9.17, 15) is 9.59 Å². The molecule has 0 aliphatic carbocycles. The lowest BCUT2D eigenvalue weighted by Gasteiger charge is -2.22. The largest absolute Gasteiger partial charge is 0.476 e. The summed E-state index contributed by atoms with van der Waals surface area (Å²) in [4.78, 5) is 26.3. The Morgan fingerprint density at radius 2 is 2.33 bits per heavy atom. The van der Waals surface area contributed by atoms with E-state index >= 15 is 0 Å². The molecule has 0 spiro atoms. The van der Waals surface area contributed by atoms with Gasteiger partial charge in [-0.3, -0.25) is 0 Å². The topological polar surface area (TPSA) is 101 Å². The Morgan fingerprint density at radius 3 is 3.00 bits per heavy atom. The highest BCUT2D eigenvalue weighted by molar-refractivity contribution is 7.09. The van der Waals surface area contributed by atoms with Gasteiger partial charge in [0.2, 0.25) is 0 Å². The number of nitrogens with zero attached hydrogens (tertiary/aromatic N) is 1. The summed E-state index contributed by atoms with van der Waals surface area (Å²) in [5.74, 6) is -0.639. The number of carboxylic acid groups (broad SMARTS) is 1. The predicted molar refractivity (Wildman–Crippen MR) is 77.7 cm³/mol. The lowest BCUT2D eigenvalue weighted by molar-refractivity contribution is 0.0557. The first-order valence-electron chi connectivity index (χ1n) is 6.92. The first-order chi connectivity index (χ1) is 10.1. The van der Waals surface area contributed by atoms with Gasteiger partial charge in [-0.25, -0.2) is 14.6 Å². The van der Waals surface area contributed by atoms with Crippen LogP contribution in [-0.4, -0.2) is 48.4 Å². The quantitative estimate of drug-likeness (QED) is 0.730. The predicted octanol–water partition coefficient (Wildman–Crippen LogP) is 1.11. The van der Waals surface area contributed by atoms with Crippen molar-refractivity contribution in [3.63, 3.8) is 0 Å². The van der Waals surface area contributed by atoms with E-state index in [2.05, 4.69) is 15.6 Å². The standard InChI is InChI=1S/C13H19N3O4S/c17-12(18)10-8-21-11(16-10)3-4-14-13(19)15-6-9-2-1-5-20-7-9/h8-9H,1-7H2,(H,17,18)(H2,14,15,19). The molecule has 1 atom stereocenters. The molecule has 1 aliphatic rings. The third kappa shape index (κ3) is 5.31. The number of carbonyl (C=O) groups excluding carboxylic acids is 1. The third-order valence-electron chi connectivity index (χ3n) is 3.20. The molecule has 2 heterocycles. The minimum atomic E-state index is -1.03. The number of aromatic nitrogens is 1. The highest BCUT2D eigenvalue weighted by atomic mass is 32.1. The summed E-state index contributed by atoms with van der Waals surface area (Å²) < 4.78 is 5.35. The Labute approximate surface area is 126 Å². The molecule has 0 aromatic carbocycles. The van der Waals surface area contributed by atoms with Gasteiger partial charge in [0.1, 0.15) is 0 Å². The van der Waals surface area contributed by atoms with Crippen LogP contribution in [0.1, 0.15) is 28.3 Å². The summed E-state index contributed by atoms with van der Waals surface area (Å²) in [5, 5.41) is 16.5. The van der Waals surface area contributed by atoms with Gasteiger partial charge in [-0.05, 0) is 18.8 Å². The number of hydrogen-bond acceptors (Lipinski definition) is 5. The molecule has 0 bridgehead atoms. The second-order valence-corrected chi connectivity index (χ2v) is 5.84. The van der Waals surface area contributed by atoms with Crippen LogP contribution in [-0.2, 0) is 11.2 Å². The number of carbonyl (C=O) groups is 2. The van der Waals surface area contributed by atoms with Gasteiger partial charge in [-0.15, -0.1) is 11.3 Å². The van der Waals surface area contributed by atoms with Crippen molar-refractivity contribution in [2.24, 2.45) is 5.92 Å². The minimum Gasteiger partial charge on any atom is -0.476 e. The van der Waals surface area contributed by atoms with E-state index in [0.717, 1.165) is 19.4 Å². The first kappa shape index (κ1) is 15.7. The number of aromatic carboxylic acids is 1. The van der Waals surface area contributed by atoms with Crippen molar-refractivity contribution in [3.8, 4) is 0 Å². The van der Waals surface area contributed by atoms with Gasteiger partial charge in [-0.2, -0.15) is 0 Å². The van der Waals surface area contributed by atoms with Crippen LogP contribution >= 0.6 is 11.3 Å². The molecule has 0 radical (unpaired) electrons. The fraction of sp³-hybridized carbons (Fsp3) is 0.615. The molecule has 3 N–H and O–H groups in total. The summed E-state index contributed by atoms with van der Waals surface area (Å²) in [6, 6.07) is -0.212. The van der Waals surface area contributed by atoms with Crippen LogP contribution in [0.15, 0.2) is 5.38 Å². The van der Waals surface area contributed by atoms with Crippen LogP contribution in [0.25, 0.3) is 0 Å². The molecular weight excluding hydrogens is 294 g/mol. The fourth-order valence-corrected chi connectivity index (χ4v) is 2.85. The highest BCUT2D eigenvalue weighted by Crippen LogP contribution is 2.12. The molecule has 2 amide bonds. The van der Waals surface area contributed by atoms with Gasteiger partial charge in [0, 0.05) is 31.5 Å². The van der Waals surface area contributed by atoms with Gasteiger partial charge in [0.15, 0.2) is 5.69 Å². The van der Waals surface area contributed by atoms with Crippen LogP contribution in [0.5, 0.6) is 0 Å². The molecule has 1 fully saturated rings. The molecule has 7 nitrogen and oxygen atoms in total. The molecule has 1 aromatic heterocycles. The second-order valence-electron chi connectivity index (χ2n) is 4.90. The number of amides is 2. The van der Waals surface area contributed by atoms with E-state index in [0.29, 0.717) is 37.0 Å². The van der Waals surface area contributed by atoms with E-state index < -0.39 is 5.97 Å². The number of nitrogens with one attached hydrogen (secondary N) is 2. The lowest BCUT2D eigenvalue weighted by atomic mass is 10.0. The normalized spacial score (nSPS) is 18.2. The smallest absolute Gasteiger partial charge is 0.355 e. The maximum atomic E-state index is 11.6. The Bertz CT molecular complexity index is 486. The molecule has 0 saturated carbocycles. The summed E-state index contributed by atoms with van der Waals surface area (Å²) in [6.07, 6.45) is 2.65. The van der Waals surface area contributed by atoms with E-state index in [1.165, 1.54) is 16.7 Å². The molecule has 1 unspecified atom stereocenters. The zero-order valence-electron chi connectivity index (χ0n) is 11.6. The SMILES string of the molecule is O=C(NCCc1nc(C(=O)O)cs1)NCC1CCCOC1. The summed E-state index contributed by atoms with van der Waals surface area (Å²) in [5.41, 5.74) is 0.0525. The number of thiazole rings is 1. The van der Waals surface area contributed by atoms with Crippen molar-refractivity contribution in [3.05, 3.63) is 16.1 Å². The van der Waals surface area contributed by atoms with Crippen LogP contribution in [0.4, 0.5) is 4.79 Å². The van der Waals surface area contributed by atoms with Crippen molar-refractivity contribution in [1.29, 1.82) is 0 Å². The number of ether oxygens (including phenoxy) is 1. The Balaban J connectivity index is 1.61. The maximum Gasteiger partial charge on any atom is 0.355 e. The summed E-state index contributed by atoms with van der Waals surface area (Å²) in [7, 11) is 0. The first-order valence-corrected chi connectivity index (χ1v) is 7.80. The zero-order chi connectivity index (χ0) is 15.1. The number of carboxylic acids is 1. The van der Waals surface area contributed by atoms with Crippen molar-refractivity contribution in [2.45, 2.75) is 19.3 Å². The molecule has 116 valence electrons. The van der Waals surface area contributed by atoms with Crippen molar-refractivity contribution < 1.29 is 19.4 Å². The Hall–Kier alpha value is -1.67. The highest BCUT2D eigenvalue weighted by Gasteiger charge is 2.14. The van der Waals surface area contributed by atoms with Gasteiger partial charge in [0.05, 0.1) is 11.6 Å².